The van der Waals surface area contributed by atoms with Crippen LogP contribution < -0.4 is 49.1 Å². The molecular formula is C40H61N11O14. The van der Waals surface area contributed by atoms with Gasteiger partial charge in [-0.1, -0.05) is 32.0 Å². The molecule has 0 aliphatic heterocycles. The number of aromatic amines is 1. The van der Waals surface area contributed by atoms with Crippen LogP contribution >= 0.6 is 0 Å². The van der Waals surface area contributed by atoms with Gasteiger partial charge in [-0.2, -0.15) is 0 Å². The molecule has 0 fully saturated rings. The minimum absolute atomic E-state index is 0.0318. The number of carboxylic acid groups (broad SMARTS) is 3. The van der Waals surface area contributed by atoms with Crippen molar-refractivity contribution in [3.63, 3.8) is 0 Å². The molecule has 2 aromatic rings. The van der Waals surface area contributed by atoms with Gasteiger partial charge >= 0.3 is 17.9 Å². The van der Waals surface area contributed by atoms with Crippen molar-refractivity contribution in [2.45, 2.75) is 121 Å². The number of H-pyrrole nitrogens is 1. The van der Waals surface area contributed by atoms with E-state index < -0.39 is 128 Å². The molecule has 1 heterocycles. The number of amides is 6. The fourth-order valence-electron chi connectivity index (χ4n) is 6.35. The van der Waals surface area contributed by atoms with Crippen LogP contribution in [0.15, 0.2) is 35.5 Å². The maximum atomic E-state index is 14.2. The van der Waals surface area contributed by atoms with Gasteiger partial charge in [0, 0.05) is 42.9 Å². The summed E-state index contributed by atoms with van der Waals surface area (Å²) in [6.45, 7) is 3.59. The van der Waals surface area contributed by atoms with Crippen molar-refractivity contribution in [2.75, 3.05) is 13.2 Å². The third-order valence-electron chi connectivity index (χ3n) is 9.80. The zero-order valence-electron chi connectivity index (χ0n) is 36.2. The van der Waals surface area contributed by atoms with E-state index >= 15 is 0 Å². The van der Waals surface area contributed by atoms with Crippen LogP contribution in [0, 0.1) is 5.92 Å². The largest absolute Gasteiger partial charge is 0.481 e. The first-order valence-electron chi connectivity index (χ1n) is 20.7. The quantitative estimate of drug-likeness (QED) is 0.0212. The number of hydrogen-bond donors (Lipinski definition) is 15. The number of nitrogens with one attached hydrogen (secondary N) is 7. The van der Waals surface area contributed by atoms with Crippen LogP contribution in [0.4, 0.5) is 0 Å². The van der Waals surface area contributed by atoms with E-state index in [1.54, 1.807) is 44.3 Å². The van der Waals surface area contributed by atoms with Crippen LogP contribution in [-0.2, 0) is 49.6 Å². The van der Waals surface area contributed by atoms with Crippen LogP contribution in [-0.4, -0.2) is 151 Å². The highest BCUT2D eigenvalue weighted by Gasteiger charge is 2.35. The van der Waals surface area contributed by atoms with Gasteiger partial charge in [-0.05, 0) is 56.6 Å². The molecule has 0 unspecified atom stereocenters. The lowest BCUT2D eigenvalue weighted by atomic mass is 10.00. The number of aliphatic hydroxyl groups excluding tert-OH is 2. The number of nitrogens with zero attached hydrogens (tertiary/aromatic N) is 1. The van der Waals surface area contributed by atoms with Gasteiger partial charge in [0.2, 0.25) is 35.4 Å². The molecule has 0 spiro atoms. The number of fused-ring (bicyclic) bond motifs is 1. The van der Waals surface area contributed by atoms with E-state index in [1.165, 1.54) is 0 Å². The fourth-order valence-corrected chi connectivity index (χ4v) is 6.35. The average molecular weight is 920 g/mol. The van der Waals surface area contributed by atoms with E-state index in [9.17, 15) is 58.5 Å². The minimum Gasteiger partial charge on any atom is -0.481 e. The van der Waals surface area contributed by atoms with Crippen LogP contribution in [0.2, 0.25) is 0 Å². The number of aliphatic imine (C=N–C) groups is 1. The molecule has 6 amide bonds. The van der Waals surface area contributed by atoms with Crippen molar-refractivity contribution < 1.29 is 68.7 Å². The molecule has 25 heteroatoms. The summed E-state index contributed by atoms with van der Waals surface area (Å²) in [6.07, 6.45) is -2.08. The maximum Gasteiger partial charge on any atom is 0.326 e. The lowest BCUT2D eigenvalue weighted by Crippen LogP contribution is -2.61. The molecule has 0 radical (unpaired) electrons. The van der Waals surface area contributed by atoms with Crippen LogP contribution in [0.3, 0.4) is 0 Å². The Bertz CT molecular complexity index is 2020. The standard InChI is InChI=1S/C40H61N11O14/c1-19(2)15-27(36(61)51-32(20(3)53)38(63)47-26(39(64)65)11-13-31(56)57)48-35(60)28(16-21-17-45-24-8-5-4-7-22(21)24)49-37(62)29(18-52)50-34(59)25(9-6-14-44-40(42)43)46-33(58)23(41)10-12-30(54)55/h4-5,7-8,17,19-20,23,25-29,32,45,52-53H,6,9-16,18,41H2,1-3H3,(H,46,58)(H,47,63)(H,48,60)(H,49,62)(H,50,59)(H,51,61)(H,54,55)(H,56,57)(H,64,65)(H4,42,43,44)/t20-,23+,25+,26+,27+,28+,29+,32+/m1/s1. The number of carbonyl (C=O) groups excluding carboxylic acids is 6. The van der Waals surface area contributed by atoms with Crippen molar-refractivity contribution in [3.05, 3.63) is 36.0 Å². The Labute approximate surface area is 373 Å². The summed E-state index contributed by atoms with van der Waals surface area (Å²) in [4.78, 5) is 122. The lowest BCUT2D eigenvalue weighted by Gasteiger charge is -2.28. The Morgan fingerprint density at radius 2 is 1.22 bits per heavy atom. The van der Waals surface area contributed by atoms with Crippen LogP contribution in [0.25, 0.3) is 10.9 Å². The number of aromatic nitrogens is 1. The SMILES string of the molecule is CC(C)C[C@H](NC(=O)[C@H](Cc1c[nH]c2ccccc12)NC(=O)[C@H](CO)NC(=O)[C@H](CCCN=C(N)N)NC(=O)[C@@H](N)CCC(=O)O)C(=O)N[C@H](C(=O)N[C@@H](CCC(=O)O)C(=O)O)[C@@H](C)O. The zero-order valence-corrected chi connectivity index (χ0v) is 36.2. The molecule has 0 aliphatic carbocycles. The van der Waals surface area contributed by atoms with Gasteiger partial charge in [-0.25, -0.2) is 4.79 Å². The normalized spacial score (nSPS) is 14.8. The molecule has 1 aromatic heterocycles. The predicted molar refractivity (Wildman–Crippen MR) is 231 cm³/mol. The molecule has 18 N–H and O–H groups in total. The molecule has 0 aliphatic rings. The third-order valence-corrected chi connectivity index (χ3v) is 9.80. The van der Waals surface area contributed by atoms with Crippen molar-refractivity contribution >= 4 is 70.2 Å². The monoisotopic (exact) mass is 919 g/mol. The van der Waals surface area contributed by atoms with E-state index in [2.05, 4.69) is 41.9 Å². The van der Waals surface area contributed by atoms with Crippen molar-refractivity contribution in [2.24, 2.45) is 28.1 Å². The summed E-state index contributed by atoms with van der Waals surface area (Å²) >= 11 is 0. The molecule has 0 bridgehead atoms. The highest BCUT2D eigenvalue weighted by atomic mass is 16.4. The molecule has 65 heavy (non-hydrogen) atoms. The summed E-state index contributed by atoms with van der Waals surface area (Å²) < 4.78 is 0. The van der Waals surface area contributed by atoms with E-state index in [0.717, 1.165) is 6.92 Å². The van der Waals surface area contributed by atoms with E-state index in [-0.39, 0.29) is 50.5 Å². The second kappa shape index (κ2) is 26.7. The van der Waals surface area contributed by atoms with Gasteiger partial charge in [0.15, 0.2) is 5.96 Å². The number of nitrogens with two attached hydrogens (primary N) is 3. The summed E-state index contributed by atoms with van der Waals surface area (Å²) in [5.41, 5.74) is 17.8. The first-order valence-corrected chi connectivity index (χ1v) is 20.7. The topological polar surface area (TPSA) is 433 Å². The molecule has 0 saturated carbocycles. The number of aliphatic carboxylic acids is 3. The Morgan fingerprint density at radius 1 is 0.677 bits per heavy atom. The Balaban J connectivity index is 2.42. The summed E-state index contributed by atoms with van der Waals surface area (Å²) in [7, 11) is 0. The highest BCUT2D eigenvalue weighted by molar-refractivity contribution is 5.98. The number of carbonyl (C=O) groups is 9. The number of carboxylic acids is 3. The molecule has 2 rings (SSSR count). The van der Waals surface area contributed by atoms with E-state index in [4.69, 9.17) is 27.4 Å². The number of aliphatic hydroxyl groups is 2. The molecule has 0 saturated heterocycles. The molecule has 1 aromatic carbocycles. The average Bonchev–Trinajstić information content (AvgIpc) is 3.64. The second-order valence-corrected chi connectivity index (χ2v) is 15.7. The summed E-state index contributed by atoms with van der Waals surface area (Å²) in [5, 5.41) is 63.2. The Morgan fingerprint density at radius 3 is 1.80 bits per heavy atom. The van der Waals surface area contributed by atoms with E-state index in [1.807, 2.05) is 0 Å². The fraction of sp³-hybridized carbons (Fsp3) is 0.550. The number of guanidine groups is 1. The summed E-state index contributed by atoms with van der Waals surface area (Å²) in [6, 6.07) is -3.83. The number of hydrogen-bond acceptors (Lipinski definition) is 13. The molecule has 25 nitrogen and oxygen atoms in total. The second-order valence-electron chi connectivity index (χ2n) is 15.7. The molecule has 360 valence electrons. The van der Waals surface area contributed by atoms with Crippen LogP contribution in [0.1, 0.15) is 71.3 Å². The summed E-state index contributed by atoms with van der Waals surface area (Å²) in [5.74, 6) is -10.6. The Hall–Kier alpha value is -6.86. The third kappa shape index (κ3) is 18.8. The minimum atomic E-state index is -1.77. The predicted octanol–water partition coefficient (Wildman–Crippen LogP) is -3.77. The Kier molecular flexibility index (Phi) is 22.3. The van der Waals surface area contributed by atoms with Gasteiger partial charge in [-0.15, -0.1) is 0 Å². The van der Waals surface area contributed by atoms with Crippen molar-refractivity contribution in [3.8, 4) is 0 Å². The van der Waals surface area contributed by atoms with Gasteiger partial charge < -0.3 is 79.6 Å². The van der Waals surface area contributed by atoms with Crippen molar-refractivity contribution in [1.29, 1.82) is 0 Å². The number of para-hydroxylation sites is 1. The molecule has 8 atom stereocenters. The molecular weight excluding hydrogens is 859 g/mol. The number of rotatable bonds is 29. The zero-order chi connectivity index (χ0) is 49.0. The smallest absolute Gasteiger partial charge is 0.326 e. The number of benzene rings is 1. The first kappa shape index (κ1) is 54.3. The van der Waals surface area contributed by atoms with E-state index in [0.29, 0.717) is 16.5 Å². The maximum absolute atomic E-state index is 14.2. The lowest BCUT2D eigenvalue weighted by molar-refractivity contribution is -0.144. The highest BCUT2D eigenvalue weighted by Crippen LogP contribution is 2.20. The van der Waals surface area contributed by atoms with Gasteiger partial charge in [0.1, 0.15) is 36.3 Å². The first-order chi connectivity index (χ1) is 30.5. The van der Waals surface area contributed by atoms with Crippen LogP contribution in [0.5, 0.6) is 0 Å². The van der Waals surface area contributed by atoms with Gasteiger partial charge in [0.05, 0.1) is 18.8 Å². The van der Waals surface area contributed by atoms with Gasteiger partial charge in [0.25, 0.3) is 0 Å². The van der Waals surface area contributed by atoms with Crippen molar-refractivity contribution in [1.82, 2.24) is 36.9 Å². The van der Waals surface area contributed by atoms with Gasteiger partial charge in [-0.3, -0.25) is 43.3 Å².